The maximum Gasteiger partial charge on any atom is 0.194 e. The molecule has 0 atom stereocenters. The summed E-state index contributed by atoms with van der Waals surface area (Å²) in [7, 11) is 1.82. The third kappa shape index (κ3) is 4.28. The first-order valence-electron chi connectivity index (χ1n) is 8.05. The number of nitrogens with zero attached hydrogens (tertiary/aromatic N) is 2. The van der Waals surface area contributed by atoms with E-state index in [-0.39, 0.29) is 6.10 Å². The molecular weight excluding hydrogens is 290 g/mol. The fourth-order valence-corrected chi connectivity index (χ4v) is 2.79. The topological polar surface area (TPSA) is 50.0 Å². The van der Waals surface area contributed by atoms with E-state index < -0.39 is 0 Å². The Labute approximate surface area is 137 Å². The first-order valence-corrected chi connectivity index (χ1v) is 8.05. The average molecular weight is 313 g/mol. The van der Waals surface area contributed by atoms with Gasteiger partial charge in [0.2, 0.25) is 0 Å². The number of rotatable bonds is 4. The predicted octanol–water partition coefficient (Wildman–Crippen LogP) is 2.90. The lowest BCUT2D eigenvalue weighted by atomic mass is 10.1. The van der Waals surface area contributed by atoms with Crippen LogP contribution < -0.4 is 10.1 Å². The van der Waals surface area contributed by atoms with Crippen molar-refractivity contribution in [1.82, 2.24) is 10.2 Å². The monoisotopic (exact) mass is 313 g/mol. The summed E-state index contributed by atoms with van der Waals surface area (Å²) in [5.74, 6) is 2.78. The summed E-state index contributed by atoms with van der Waals surface area (Å²) >= 11 is 0. The molecule has 1 aromatic carbocycles. The zero-order valence-electron chi connectivity index (χ0n) is 13.4. The number of piperidine rings is 1. The first-order chi connectivity index (χ1) is 11.3. The van der Waals surface area contributed by atoms with Gasteiger partial charge in [-0.15, -0.1) is 0 Å². The molecule has 0 radical (unpaired) electrons. The number of hydrogen-bond acceptors (Lipinski definition) is 3. The van der Waals surface area contributed by atoms with E-state index in [0.717, 1.165) is 43.4 Å². The van der Waals surface area contributed by atoms with Crippen LogP contribution in [0.4, 0.5) is 0 Å². The molecule has 1 aliphatic heterocycles. The maximum absolute atomic E-state index is 6.03. The van der Waals surface area contributed by atoms with Gasteiger partial charge in [0.1, 0.15) is 17.6 Å². The van der Waals surface area contributed by atoms with Crippen molar-refractivity contribution >= 4 is 5.96 Å². The van der Waals surface area contributed by atoms with Crippen LogP contribution in [0.2, 0.25) is 0 Å². The van der Waals surface area contributed by atoms with Crippen molar-refractivity contribution < 1.29 is 9.15 Å². The van der Waals surface area contributed by atoms with Crippen LogP contribution in [0.25, 0.3) is 0 Å². The molecular formula is C18H23N3O2. The molecule has 0 saturated carbocycles. The number of ether oxygens (including phenoxy) is 1. The number of benzene rings is 1. The van der Waals surface area contributed by atoms with Crippen LogP contribution in [-0.2, 0) is 6.54 Å². The lowest BCUT2D eigenvalue weighted by Crippen LogP contribution is -2.47. The number of para-hydroxylation sites is 1. The Morgan fingerprint density at radius 1 is 1.22 bits per heavy atom. The molecule has 5 heteroatoms. The summed E-state index contributed by atoms with van der Waals surface area (Å²) in [6.07, 6.45) is 3.95. The summed E-state index contributed by atoms with van der Waals surface area (Å²) in [6.45, 7) is 2.53. The van der Waals surface area contributed by atoms with Crippen molar-refractivity contribution in [2.24, 2.45) is 4.99 Å². The normalized spacial score (nSPS) is 16.4. The summed E-state index contributed by atoms with van der Waals surface area (Å²) < 4.78 is 11.4. The number of likely N-dealkylation sites (tertiary alicyclic amines) is 1. The van der Waals surface area contributed by atoms with Gasteiger partial charge in [-0.2, -0.15) is 0 Å². The van der Waals surface area contributed by atoms with E-state index in [1.165, 1.54) is 0 Å². The second-order valence-electron chi connectivity index (χ2n) is 5.60. The van der Waals surface area contributed by atoms with E-state index in [2.05, 4.69) is 15.2 Å². The smallest absolute Gasteiger partial charge is 0.194 e. The van der Waals surface area contributed by atoms with Crippen molar-refractivity contribution in [1.29, 1.82) is 0 Å². The largest absolute Gasteiger partial charge is 0.490 e. The van der Waals surface area contributed by atoms with Crippen molar-refractivity contribution in [3.05, 3.63) is 54.5 Å². The van der Waals surface area contributed by atoms with E-state index in [1.807, 2.05) is 49.5 Å². The van der Waals surface area contributed by atoms with E-state index in [0.29, 0.717) is 6.54 Å². The van der Waals surface area contributed by atoms with Gasteiger partial charge in [0.25, 0.3) is 0 Å². The third-order valence-corrected chi connectivity index (χ3v) is 4.00. The molecule has 1 fully saturated rings. The highest BCUT2D eigenvalue weighted by molar-refractivity contribution is 5.79. The number of hydrogen-bond donors (Lipinski definition) is 1. The molecule has 1 aromatic heterocycles. The fraction of sp³-hybridized carbons (Fsp3) is 0.389. The minimum atomic E-state index is 0.275. The van der Waals surface area contributed by atoms with Crippen molar-refractivity contribution in [3.63, 3.8) is 0 Å². The number of furan rings is 1. The molecule has 122 valence electrons. The molecule has 0 bridgehead atoms. The van der Waals surface area contributed by atoms with Gasteiger partial charge in [-0.1, -0.05) is 18.2 Å². The van der Waals surface area contributed by atoms with Crippen LogP contribution in [0.5, 0.6) is 5.75 Å². The standard InChI is InChI=1S/C18H23N3O2/c1-19-18(20-14-17-8-5-13-22-17)21-11-9-16(10-12-21)23-15-6-3-2-4-7-15/h2-8,13,16H,9-12,14H2,1H3,(H,19,20). The maximum atomic E-state index is 6.03. The molecule has 1 saturated heterocycles. The van der Waals surface area contributed by atoms with Gasteiger partial charge in [0.15, 0.2) is 5.96 Å². The fourth-order valence-electron chi connectivity index (χ4n) is 2.79. The summed E-state index contributed by atoms with van der Waals surface area (Å²) in [4.78, 5) is 6.64. The van der Waals surface area contributed by atoms with Gasteiger partial charge >= 0.3 is 0 Å². The lowest BCUT2D eigenvalue weighted by Gasteiger charge is -2.34. The van der Waals surface area contributed by atoms with Gasteiger partial charge in [-0.05, 0) is 24.3 Å². The Morgan fingerprint density at radius 3 is 2.65 bits per heavy atom. The molecule has 2 heterocycles. The molecule has 3 rings (SSSR count). The quantitative estimate of drug-likeness (QED) is 0.696. The highest BCUT2D eigenvalue weighted by Crippen LogP contribution is 2.18. The van der Waals surface area contributed by atoms with E-state index >= 15 is 0 Å². The van der Waals surface area contributed by atoms with Crippen LogP contribution in [-0.4, -0.2) is 37.1 Å². The molecule has 1 N–H and O–H groups in total. The summed E-state index contributed by atoms with van der Waals surface area (Å²) in [5, 5.41) is 3.35. The van der Waals surface area contributed by atoms with Gasteiger partial charge in [0.05, 0.1) is 12.8 Å². The summed E-state index contributed by atoms with van der Waals surface area (Å²) in [5.41, 5.74) is 0. The highest BCUT2D eigenvalue weighted by atomic mass is 16.5. The molecule has 2 aromatic rings. The second-order valence-corrected chi connectivity index (χ2v) is 5.60. The molecule has 0 unspecified atom stereocenters. The Balaban J connectivity index is 1.47. The zero-order valence-corrected chi connectivity index (χ0v) is 13.4. The first kappa shape index (κ1) is 15.5. The average Bonchev–Trinajstić information content (AvgIpc) is 3.11. The molecule has 0 amide bonds. The molecule has 0 spiro atoms. The number of guanidine groups is 1. The Bertz CT molecular complexity index is 602. The van der Waals surface area contributed by atoms with Crippen LogP contribution in [0.15, 0.2) is 58.1 Å². The van der Waals surface area contributed by atoms with Crippen LogP contribution in [0.1, 0.15) is 18.6 Å². The van der Waals surface area contributed by atoms with Crippen molar-refractivity contribution in [2.45, 2.75) is 25.5 Å². The Kier molecular flexibility index (Phi) is 5.19. The van der Waals surface area contributed by atoms with Crippen LogP contribution >= 0.6 is 0 Å². The zero-order chi connectivity index (χ0) is 15.9. The third-order valence-electron chi connectivity index (χ3n) is 4.00. The van der Waals surface area contributed by atoms with Crippen molar-refractivity contribution in [3.8, 4) is 5.75 Å². The van der Waals surface area contributed by atoms with E-state index in [1.54, 1.807) is 6.26 Å². The second kappa shape index (κ2) is 7.72. The van der Waals surface area contributed by atoms with E-state index in [4.69, 9.17) is 9.15 Å². The number of aliphatic imine (C=N–C) groups is 1. The summed E-state index contributed by atoms with van der Waals surface area (Å²) in [6, 6.07) is 13.9. The van der Waals surface area contributed by atoms with Gasteiger partial charge in [0, 0.05) is 33.0 Å². The van der Waals surface area contributed by atoms with Crippen LogP contribution in [0, 0.1) is 0 Å². The lowest BCUT2D eigenvalue weighted by molar-refractivity contribution is 0.129. The molecule has 23 heavy (non-hydrogen) atoms. The highest BCUT2D eigenvalue weighted by Gasteiger charge is 2.22. The van der Waals surface area contributed by atoms with Crippen molar-refractivity contribution in [2.75, 3.05) is 20.1 Å². The Morgan fingerprint density at radius 2 is 2.00 bits per heavy atom. The van der Waals surface area contributed by atoms with Crippen LogP contribution in [0.3, 0.4) is 0 Å². The molecule has 1 aliphatic rings. The van der Waals surface area contributed by atoms with E-state index in [9.17, 15) is 0 Å². The van der Waals surface area contributed by atoms with Gasteiger partial charge in [-0.25, -0.2) is 0 Å². The van der Waals surface area contributed by atoms with Gasteiger partial charge < -0.3 is 19.4 Å². The molecule has 0 aliphatic carbocycles. The minimum absolute atomic E-state index is 0.275. The number of nitrogens with one attached hydrogen (secondary N) is 1. The minimum Gasteiger partial charge on any atom is -0.490 e. The Hall–Kier alpha value is -2.43. The predicted molar refractivity (Wildman–Crippen MR) is 90.6 cm³/mol. The molecule has 5 nitrogen and oxygen atoms in total. The van der Waals surface area contributed by atoms with Gasteiger partial charge in [-0.3, -0.25) is 4.99 Å². The SMILES string of the molecule is CN=C(NCc1ccco1)N1CCC(Oc2ccccc2)CC1.